The van der Waals surface area contributed by atoms with Gasteiger partial charge in [0.05, 0.1) is 0 Å². The third kappa shape index (κ3) is 10.3. The maximum Gasteiger partial charge on any atom is 0.407 e. The van der Waals surface area contributed by atoms with Crippen LogP contribution in [0.25, 0.3) is 11.1 Å². The summed E-state index contributed by atoms with van der Waals surface area (Å²) in [7, 11) is 0. The Bertz CT molecular complexity index is 1660. The predicted octanol–water partition coefficient (Wildman–Crippen LogP) is 6.53. The fourth-order valence-corrected chi connectivity index (χ4v) is 5.68. The highest BCUT2D eigenvalue weighted by Gasteiger charge is 2.30. The highest BCUT2D eigenvalue weighted by atomic mass is 16.6. The number of rotatable bonds is 14. The Kier molecular flexibility index (Phi) is 11.9. The molecule has 0 fully saturated rings. The van der Waals surface area contributed by atoms with Crippen molar-refractivity contribution in [2.24, 2.45) is 0 Å². The van der Waals surface area contributed by atoms with Crippen LogP contribution in [0.15, 0.2) is 97.3 Å². The lowest BCUT2D eigenvalue weighted by Gasteiger charge is -2.20. The quantitative estimate of drug-likeness (QED) is 0.131. The zero-order chi connectivity index (χ0) is 34.6. The second-order valence-corrected chi connectivity index (χ2v) is 12.9. The zero-order valence-corrected chi connectivity index (χ0v) is 28.2. The summed E-state index contributed by atoms with van der Waals surface area (Å²) >= 11 is 0. The van der Waals surface area contributed by atoms with Gasteiger partial charge in [0.1, 0.15) is 30.6 Å². The van der Waals surface area contributed by atoms with Crippen molar-refractivity contribution in [2.45, 2.75) is 64.2 Å². The average Bonchev–Trinajstić information content (AvgIpc) is 3.41. The van der Waals surface area contributed by atoms with Crippen molar-refractivity contribution in [1.29, 1.82) is 0 Å². The van der Waals surface area contributed by atoms with Crippen molar-refractivity contribution in [1.82, 2.24) is 20.9 Å². The molecule has 49 heavy (non-hydrogen) atoms. The number of benzene rings is 3. The maximum absolute atomic E-state index is 13.4. The van der Waals surface area contributed by atoms with Crippen LogP contribution >= 0.6 is 0 Å². The minimum absolute atomic E-state index is 0.0978. The van der Waals surface area contributed by atoms with Gasteiger partial charge < -0.3 is 30.2 Å². The smallest absolute Gasteiger partial charge is 0.407 e. The number of amides is 3. The van der Waals surface area contributed by atoms with Crippen LogP contribution in [0.2, 0.25) is 0 Å². The van der Waals surface area contributed by atoms with E-state index in [4.69, 9.17) is 14.2 Å². The van der Waals surface area contributed by atoms with Crippen molar-refractivity contribution < 1.29 is 28.6 Å². The van der Waals surface area contributed by atoms with E-state index in [9.17, 15) is 14.4 Å². The molecule has 1 aliphatic carbocycles. The van der Waals surface area contributed by atoms with E-state index < -0.39 is 23.8 Å². The molecule has 0 saturated heterocycles. The zero-order valence-electron chi connectivity index (χ0n) is 28.2. The molecule has 4 aromatic rings. The van der Waals surface area contributed by atoms with Gasteiger partial charge in [-0.2, -0.15) is 0 Å². The van der Waals surface area contributed by atoms with Gasteiger partial charge >= 0.3 is 12.2 Å². The molecule has 3 N–H and O–H groups in total. The highest BCUT2D eigenvalue weighted by molar-refractivity contribution is 5.86. The molecule has 1 aromatic heterocycles. The van der Waals surface area contributed by atoms with Gasteiger partial charge in [-0.15, -0.1) is 0 Å². The number of pyridine rings is 1. The van der Waals surface area contributed by atoms with Crippen LogP contribution in [0.1, 0.15) is 61.8 Å². The molecule has 3 aromatic carbocycles. The van der Waals surface area contributed by atoms with E-state index in [1.165, 1.54) is 0 Å². The number of carbonyl (C=O) groups excluding carboxylic acids is 3. The van der Waals surface area contributed by atoms with Gasteiger partial charge in [-0.25, -0.2) is 9.59 Å². The Hall–Kier alpha value is -5.38. The first-order valence-electron chi connectivity index (χ1n) is 16.6. The van der Waals surface area contributed by atoms with E-state index in [0.717, 1.165) is 33.4 Å². The molecule has 0 aliphatic heterocycles. The Morgan fingerprint density at radius 3 is 2.00 bits per heavy atom. The standard InChI is InChI=1S/C39H44N4O6/c1-39(2,3)49-37(45)42-21-9-8-20-41-36(44)35(24-27-14-16-29(17-15-27)47-25-28-18-22-40-23-19-28)43-38(46)48-26-34-32-12-6-4-10-30(32)31-11-5-7-13-33(31)34/h4-7,10-19,22-23,34-35H,8-9,20-21,24-26H2,1-3H3,(H,41,44)(H,42,45)(H,43,46)/t35-/m0/s1. The van der Waals surface area contributed by atoms with Crippen LogP contribution in [0, 0.1) is 0 Å². The fourth-order valence-electron chi connectivity index (χ4n) is 5.68. The van der Waals surface area contributed by atoms with E-state index in [0.29, 0.717) is 38.3 Å². The minimum atomic E-state index is -0.876. The molecule has 3 amide bonds. The van der Waals surface area contributed by atoms with Crippen LogP contribution in [0.5, 0.6) is 5.75 Å². The van der Waals surface area contributed by atoms with Crippen LogP contribution < -0.4 is 20.7 Å². The van der Waals surface area contributed by atoms with Gasteiger partial charge in [-0.1, -0.05) is 60.7 Å². The van der Waals surface area contributed by atoms with Crippen molar-refractivity contribution in [3.05, 3.63) is 120 Å². The number of fused-ring (bicyclic) bond motifs is 3. The number of hydrogen-bond acceptors (Lipinski definition) is 7. The summed E-state index contributed by atoms with van der Waals surface area (Å²) in [6, 6.07) is 26.6. The van der Waals surface area contributed by atoms with E-state index in [1.54, 1.807) is 33.2 Å². The summed E-state index contributed by atoms with van der Waals surface area (Å²) in [6.07, 6.45) is 3.82. The van der Waals surface area contributed by atoms with E-state index >= 15 is 0 Å². The molecular weight excluding hydrogens is 620 g/mol. The lowest BCUT2D eigenvalue weighted by atomic mass is 9.98. The van der Waals surface area contributed by atoms with Crippen molar-refractivity contribution in [3.8, 4) is 16.9 Å². The molecule has 1 aliphatic rings. The number of hydrogen-bond donors (Lipinski definition) is 3. The van der Waals surface area contributed by atoms with Gasteiger partial charge in [0.25, 0.3) is 0 Å². The van der Waals surface area contributed by atoms with Crippen molar-refractivity contribution >= 4 is 18.1 Å². The van der Waals surface area contributed by atoms with Gasteiger partial charge in [0.15, 0.2) is 0 Å². The molecule has 1 atom stereocenters. The second kappa shape index (κ2) is 16.6. The Morgan fingerprint density at radius 1 is 0.755 bits per heavy atom. The van der Waals surface area contributed by atoms with Crippen molar-refractivity contribution in [3.63, 3.8) is 0 Å². The number of unbranched alkanes of at least 4 members (excludes halogenated alkanes) is 1. The number of carbonyl (C=O) groups is 3. The number of aromatic nitrogens is 1. The number of ether oxygens (including phenoxy) is 3. The molecule has 0 saturated carbocycles. The Labute approximate surface area is 287 Å². The van der Waals surface area contributed by atoms with Gasteiger partial charge in [-0.05, 0) is 91.3 Å². The van der Waals surface area contributed by atoms with Crippen LogP contribution in [0.3, 0.4) is 0 Å². The van der Waals surface area contributed by atoms with E-state index in [-0.39, 0.29) is 24.9 Å². The number of nitrogens with zero attached hydrogens (tertiary/aromatic N) is 1. The van der Waals surface area contributed by atoms with E-state index in [2.05, 4.69) is 45.2 Å². The van der Waals surface area contributed by atoms with E-state index in [1.807, 2.05) is 60.7 Å². The lowest BCUT2D eigenvalue weighted by Crippen LogP contribution is -2.48. The summed E-state index contributed by atoms with van der Waals surface area (Å²) in [5, 5.41) is 8.45. The maximum atomic E-state index is 13.4. The summed E-state index contributed by atoms with van der Waals surface area (Å²) in [6.45, 7) is 6.76. The molecule has 0 bridgehead atoms. The molecular formula is C39H44N4O6. The molecule has 0 radical (unpaired) electrons. The molecule has 10 nitrogen and oxygen atoms in total. The van der Waals surface area contributed by atoms with Crippen LogP contribution in [-0.2, 0) is 27.3 Å². The van der Waals surface area contributed by atoms with Crippen LogP contribution in [0.4, 0.5) is 9.59 Å². The summed E-state index contributed by atoms with van der Waals surface area (Å²) in [4.78, 5) is 42.5. The molecule has 256 valence electrons. The topological polar surface area (TPSA) is 128 Å². The monoisotopic (exact) mass is 664 g/mol. The first-order chi connectivity index (χ1) is 23.7. The highest BCUT2D eigenvalue weighted by Crippen LogP contribution is 2.44. The van der Waals surface area contributed by atoms with Crippen LogP contribution in [-0.4, -0.2) is 54.4 Å². The molecule has 0 unspecified atom stereocenters. The Morgan fingerprint density at radius 2 is 1.37 bits per heavy atom. The van der Waals surface area contributed by atoms with Gasteiger partial charge in [0.2, 0.25) is 5.91 Å². The van der Waals surface area contributed by atoms with Gasteiger partial charge in [0, 0.05) is 37.8 Å². The second-order valence-electron chi connectivity index (χ2n) is 12.9. The third-order valence-corrected chi connectivity index (χ3v) is 8.04. The van der Waals surface area contributed by atoms with Gasteiger partial charge in [-0.3, -0.25) is 9.78 Å². The summed E-state index contributed by atoms with van der Waals surface area (Å²) < 4.78 is 16.9. The first-order valence-corrected chi connectivity index (χ1v) is 16.6. The number of nitrogens with one attached hydrogen (secondary N) is 3. The minimum Gasteiger partial charge on any atom is -0.489 e. The lowest BCUT2D eigenvalue weighted by molar-refractivity contribution is -0.123. The first kappa shape index (κ1) is 34.9. The number of alkyl carbamates (subject to hydrolysis) is 2. The molecule has 0 spiro atoms. The summed E-state index contributed by atoms with van der Waals surface area (Å²) in [5.74, 6) is 0.261. The normalized spacial score (nSPS) is 12.6. The SMILES string of the molecule is CC(C)(C)OC(=O)NCCCCNC(=O)[C@H](Cc1ccc(OCc2ccncc2)cc1)NC(=O)OCC1c2ccccc2-c2ccccc21. The molecule has 10 heteroatoms. The average molecular weight is 665 g/mol. The third-order valence-electron chi connectivity index (χ3n) is 8.04. The predicted molar refractivity (Wildman–Crippen MR) is 187 cm³/mol. The largest absolute Gasteiger partial charge is 0.489 e. The fraction of sp³-hybridized carbons (Fsp3) is 0.333. The van der Waals surface area contributed by atoms with Crippen molar-refractivity contribution in [2.75, 3.05) is 19.7 Å². The molecule has 1 heterocycles. The Balaban J connectivity index is 1.17. The summed E-state index contributed by atoms with van der Waals surface area (Å²) in [5.41, 5.74) is 5.77. The molecule has 5 rings (SSSR count).